The third-order valence-electron chi connectivity index (χ3n) is 5.21. The van der Waals surface area contributed by atoms with Crippen molar-refractivity contribution < 1.29 is 14.3 Å². The molecule has 3 aromatic rings. The number of aromatic nitrogens is 2. The van der Waals surface area contributed by atoms with Gasteiger partial charge in [0.1, 0.15) is 11.9 Å². The summed E-state index contributed by atoms with van der Waals surface area (Å²) in [7, 11) is 0. The van der Waals surface area contributed by atoms with Gasteiger partial charge in [-0.05, 0) is 13.0 Å². The van der Waals surface area contributed by atoms with Crippen LogP contribution >= 0.6 is 0 Å². The highest BCUT2D eigenvalue weighted by Gasteiger charge is 2.27. The number of carbonyl (C=O) groups is 2. The van der Waals surface area contributed by atoms with E-state index in [1.165, 1.54) is 0 Å². The summed E-state index contributed by atoms with van der Waals surface area (Å²) < 4.78 is 5.95. The first kappa shape index (κ1) is 19.8. The van der Waals surface area contributed by atoms with Crippen LogP contribution in [0.4, 0.5) is 0 Å². The number of likely N-dealkylation sites (tertiary alicyclic amines) is 1. The number of ketones is 1. The van der Waals surface area contributed by atoms with Gasteiger partial charge in [0.2, 0.25) is 5.88 Å². The van der Waals surface area contributed by atoms with Gasteiger partial charge in [-0.2, -0.15) is 4.98 Å². The van der Waals surface area contributed by atoms with Gasteiger partial charge in [0, 0.05) is 49.3 Å². The molecule has 6 heteroatoms. The second kappa shape index (κ2) is 8.86. The molecule has 4 rings (SSSR count). The van der Waals surface area contributed by atoms with Crippen LogP contribution in [-0.2, 0) is 0 Å². The lowest BCUT2D eigenvalue weighted by Gasteiger charge is -2.32. The summed E-state index contributed by atoms with van der Waals surface area (Å²) >= 11 is 0. The van der Waals surface area contributed by atoms with Crippen LogP contribution in [0.3, 0.4) is 0 Å². The predicted octanol–water partition coefficient (Wildman–Crippen LogP) is 3.70. The van der Waals surface area contributed by atoms with Gasteiger partial charge >= 0.3 is 0 Å². The Hall–Kier alpha value is -3.54. The van der Waals surface area contributed by atoms with Crippen LogP contribution < -0.4 is 4.74 Å². The lowest BCUT2D eigenvalue weighted by molar-refractivity contribution is 0.0585. The SMILES string of the molecule is Cc1nccc(OC2CCN(C(=O)c3ccccc3C(=O)c3ccccc3)CC2)n1. The van der Waals surface area contributed by atoms with E-state index in [9.17, 15) is 9.59 Å². The van der Waals surface area contributed by atoms with Crippen LogP contribution in [0.25, 0.3) is 0 Å². The molecule has 1 aliphatic rings. The second-order valence-electron chi connectivity index (χ2n) is 7.29. The van der Waals surface area contributed by atoms with Crippen LogP contribution in [0.2, 0.25) is 0 Å². The summed E-state index contributed by atoms with van der Waals surface area (Å²) in [6, 6.07) is 17.8. The normalized spacial score (nSPS) is 14.4. The lowest BCUT2D eigenvalue weighted by atomic mass is 9.97. The summed E-state index contributed by atoms with van der Waals surface area (Å²) in [5, 5.41) is 0. The molecule has 2 heterocycles. The first-order valence-corrected chi connectivity index (χ1v) is 10.1. The van der Waals surface area contributed by atoms with Crippen molar-refractivity contribution in [2.24, 2.45) is 0 Å². The minimum atomic E-state index is -0.142. The Morgan fingerprint density at radius 2 is 1.60 bits per heavy atom. The largest absolute Gasteiger partial charge is 0.474 e. The second-order valence-corrected chi connectivity index (χ2v) is 7.29. The van der Waals surface area contributed by atoms with Crippen molar-refractivity contribution in [1.29, 1.82) is 0 Å². The van der Waals surface area contributed by atoms with Crippen LogP contribution in [0.1, 0.15) is 44.9 Å². The first-order chi connectivity index (χ1) is 14.6. The molecule has 1 aromatic heterocycles. The van der Waals surface area contributed by atoms with E-state index < -0.39 is 0 Å². The van der Waals surface area contributed by atoms with Gasteiger partial charge in [0.15, 0.2) is 5.78 Å². The van der Waals surface area contributed by atoms with E-state index in [4.69, 9.17) is 4.74 Å². The Labute approximate surface area is 175 Å². The number of nitrogens with zero attached hydrogens (tertiary/aromatic N) is 3. The van der Waals surface area contributed by atoms with E-state index in [2.05, 4.69) is 9.97 Å². The molecule has 6 nitrogen and oxygen atoms in total. The zero-order valence-electron chi connectivity index (χ0n) is 16.8. The molecule has 152 valence electrons. The summed E-state index contributed by atoms with van der Waals surface area (Å²) in [6.45, 7) is 2.96. The lowest BCUT2D eigenvalue weighted by Crippen LogP contribution is -2.42. The van der Waals surface area contributed by atoms with Gasteiger partial charge in [0.25, 0.3) is 5.91 Å². The molecule has 1 fully saturated rings. The molecular formula is C24H23N3O3. The fourth-order valence-electron chi connectivity index (χ4n) is 3.63. The molecule has 1 amide bonds. The standard InChI is InChI=1S/C24H23N3O3/c1-17-25-14-11-22(26-17)30-19-12-15-27(16-13-19)24(29)21-10-6-5-9-20(21)23(28)18-7-3-2-4-8-18/h2-11,14,19H,12-13,15-16H2,1H3. The number of ether oxygens (including phenoxy) is 1. The highest BCUT2D eigenvalue weighted by atomic mass is 16.5. The Balaban J connectivity index is 1.44. The number of aryl methyl sites for hydroxylation is 1. The molecule has 0 spiro atoms. The molecule has 0 bridgehead atoms. The van der Waals surface area contributed by atoms with Crippen LogP contribution in [-0.4, -0.2) is 45.8 Å². The summed E-state index contributed by atoms with van der Waals surface area (Å²) in [5.74, 6) is 0.967. The van der Waals surface area contributed by atoms with Crippen molar-refractivity contribution in [3.63, 3.8) is 0 Å². The van der Waals surface area contributed by atoms with Gasteiger partial charge in [-0.25, -0.2) is 4.98 Å². The molecule has 0 atom stereocenters. The van der Waals surface area contributed by atoms with E-state index >= 15 is 0 Å². The molecule has 0 saturated carbocycles. The maximum Gasteiger partial charge on any atom is 0.254 e. The predicted molar refractivity (Wildman–Crippen MR) is 113 cm³/mol. The first-order valence-electron chi connectivity index (χ1n) is 10.1. The molecular weight excluding hydrogens is 378 g/mol. The van der Waals surface area contributed by atoms with Gasteiger partial charge in [0.05, 0.1) is 5.56 Å². The highest BCUT2D eigenvalue weighted by Crippen LogP contribution is 2.21. The van der Waals surface area contributed by atoms with Crippen LogP contribution in [0.5, 0.6) is 5.88 Å². The van der Waals surface area contributed by atoms with Crippen molar-refractivity contribution in [3.05, 3.63) is 89.4 Å². The topological polar surface area (TPSA) is 72.4 Å². The van der Waals surface area contributed by atoms with E-state index in [0.29, 0.717) is 54.3 Å². The van der Waals surface area contributed by atoms with Crippen molar-refractivity contribution in [2.45, 2.75) is 25.9 Å². The molecule has 0 unspecified atom stereocenters. The van der Waals surface area contributed by atoms with E-state index in [-0.39, 0.29) is 17.8 Å². The Kier molecular flexibility index (Phi) is 5.84. The molecule has 0 radical (unpaired) electrons. The minimum absolute atomic E-state index is 0.00421. The van der Waals surface area contributed by atoms with Crippen molar-refractivity contribution >= 4 is 11.7 Å². The fraction of sp³-hybridized carbons (Fsp3) is 0.250. The van der Waals surface area contributed by atoms with Gasteiger partial charge in [-0.1, -0.05) is 48.5 Å². The van der Waals surface area contributed by atoms with Gasteiger partial charge in [-0.3, -0.25) is 9.59 Å². The third-order valence-corrected chi connectivity index (χ3v) is 5.21. The third kappa shape index (κ3) is 4.38. The molecule has 30 heavy (non-hydrogen) atoms. The fourth-order valence-corrected chi connectivity index (χ4v) is 3.63. The summed E-state index contributed by atoms with van der Waals surface area (Å²) in [4.78, 5) is 36.3. The Morgan fingerprint density at radius 3 is 2.30 bits per heavy atom. The molecule has 0 aliphatic carbocycles. The number of amides is 1. The van der Waals surface area contributed by atoms with Gasteiger partial charge in [-0.15, -0.1) is 0 Å². The molecule has 2 aromatic carbocycles. The monoisotopic (exact) mass is 401 g/mol. The van der Waals surface area contributed by atoms with E-state index in [0.717, 1.165) is 0 Å². The quantitative estimate of drug-likeness (QED) is 0.610. The number of hydrogen-bond acceptors (Lipinski definition) is 5. The summed E-state index contributed by atoms with van der Waals surface area (Å²) in [5.41, 5.74) is 1.45. The zero-order chi connectivity index (χ0) is 20.9. The maximum absolute atomic E-state index is 13.2. The smallest absolute Gasteiger partial charge is 0.254 e. The average molecular weight is 401 g/mol. The van der Waals surface area contributed by atoms with Crippen LogP contribution in [0.15, 0.2) is 66.9 Å². The maximum atomic E-state index is 13.2. The van der Waals surface area contributed by atoms with Crippen LogP contribution in [0, 0.1) is 6.92 Å². The summed E-state index contributed by atoms with van der Waals surface area (Å²) in [6.07, 6.45) is 3.11. The number of rotatable bonds is 5. The Bertz CT molecular complexity index is 1040. The van der Waals surface area contributed by atoms with Crippen molar-refractivity contribution in [2.75, 3.05) is 13.1 Å². The molecule has 1 aliphatic heterocycles. The zero-order valence-corrected chi connectivity index (χ0v) is 16.8. The van der Waals surface area contributed by atoms with Gasteiger partial charge < -0.3 is 9.64 Å². The number of benzene rings is 2. The molecule has 0 N–H and O–H groups in total. The Morgan fingerprint density at radius 1 is 0.933 bits per heavy atom. The number of piperidine rings is 1. The van der Waals surface area contributed by atoms with E-state index in [1.807, 2.05) is 25.1 Å². The highest BCUT2D eigenvalue weighted by molar-refractivity contribution is 6.15. The van der Waals surface area contributed by atoms with E-state index in [1.54, 1.807) is 53.6 Å². The minimum Gasteiger partial charge on any atom is -0.474 e. The van der Waals surface area contributed by atoms with Crippen molar-refractivity contribution in [3.8, 4) is 5.88 Å². The number of carbonyl (C=O) groups excluding carboxylic acids is 2. The molecule has 1 saturated heterocycles. The number of hydrogen-bond donors (Lipinski definition) is 0. The average Bonchev–Trinajstić information content (AvgIpc) is 2.79. The van der Waals surface area contributed by atoms with Crippen molar-refractivity contribution in [1.82, 2.24) is 14.9 Å².